The van der Waals surface area contributed by atoms with Crippen LogP contribution >= 0.6 is 0 Å². The molecule has 1 aromatic rings. The molecule has 0 spiro atoms. The number of rotatable bonds is 3. The van der Waals surface area contributed by atoms with Crippen molar-refractivity contribution in [1.82, 2.24) is 4.90 Å². The molecule has 5 heteroatoms. The van der Waals surface area contributed by atoms with Gasteiger partial charge in [-0.1, -0.05) is 30.3 Å². The first-order chi connectivity index (χ1) is 10.3. The van der Waals surface area contributed by atoms with Gasteiger partial charge in [0.1, 0.15) is 11.1 Å². The van der Waals surface area contributed by atoms with Crippen molar-refractivity contribution in [3.8, 4) is 0 Å². The van der Waals surface area contributed by atoms with Gasteiger partial charge in [-0.2, -0.15) is 0 Å². The zero-order valence-corrected chi connectivity index (χ0v) is 13.6. The number of hydrogen-bond donors (Lipinski definition) is 0. The normalized spacial score (nSPS) is 21.0. The molecule has 1 heterocycles. The lowest BCUT2D eigenvalue weighted by Gasteiger charge is -2.50. The Morgan fingerprint density at radius 2 is 1.86 bits per heavy atom. The summed E-state index contributed by atoms with van der Waals surface area (Å²) in [5.41, 5.74) is -0.569. The number of carbonyl (C=O) groups excluding carboxylic acids is 2. The Morgan fingerprint density at radius 1 is 1.23 bits per heavy atom. The van der Waals surface area contributed by atoms with Crippen LogP contribution in [0.25, 0.3) is 0 Å². The van der Waals surface area contributed by atoms with Crippen molar-refractivity contribution in [1.29, 1.82) is 0 Å². The molecule has 1 amide bonds. The number of ether oxygens (including phenoxy) is 2. The zero-order chi connectivity index (χ0) is 16.4. The van der Waals surface area contributed by atoms with Gasteiger partial charge in [0.15, 0.2) is 0 Å². The van der Waals surface area contributed by atoms with Gasteiger partial charge >= 0.3 is 12.1 Å². The highest BCUT2D eigenvalue weighted by Crippen LogP contribution is 2.36. The summed E-state index contributed by atoms with van der Waals surface area (Å²) in [6.07, 6.45) is 0.535. The van der Waals surface area contributed by atoms with E-state index in [9.17, 15) is 9.59 Å². The molecule has 0 bridgehead atoms. The van der Waals surface area contributed by atoms with Gasteiger partial charge in [0.25, 0.3) is 0 Å². The minimum Gasteiger partial charge on any atom is -0.467 e. The van der Waals surface area contributed by atoms with Crippen molar-refractivity contribution in [2.45, 2.75) is 44.8 Å². The molecule has 1 unspecified atom stereocenters. The Hall–Kier alpha value is -2.04. The van der Waals surface area contributed by atoms with Gasteiger partial charge in [0, 0.05) is 13.0 Å². The summed E-state index contributed by atoms with van der Waals surface area (Å²) in [7, 11) is 1.35. The van der Waals surface area contributed by atoms with Crippen LogP contribution in [-0.4, -0.2) is 41.8 Å². The number of methoxy groups -OCH3 is 1. The van der Waals surface area contributed by atoms with E-state index in [0.717, 1.165) is 5.56 Å². The maximum absolute atomic E-state index is 12.4. The van der Waals surface area contributed by atoms with Crippen LogP contribution in [0.3, 0.4) is 0 Å². The van der Waals surface area contributed by atoms with Gasteiger partial charge in [-0.25, -0.2) is 9.59 Å². The average molecular weight is 305 g/mol. The minimum atomic E-state index is -0.960. The smallest absolute Gasteiger partial charge is 0.411 e. The van der Waals surface area contributed by atoms with Gasteiger partial charge in [-0.3, -0.25) is 4.90 Å². The molecule has 1 saturated heterocycles. The quantitative estimate of drug-likeness (QED) is 0.806. The first kappa shape index (κ1) is 16.3. The summed E-state index contributed by atoms with van der Waals surface area (Å²) in [4.78, 5) is 26.2. The second-order valence-electron chi connectivity index (χ2n) is 6.57. The number of likely N-dealkylation sites (tertiary alicyclic amines) is 1. The Balaban J connectivity index is 2.23. The third-order valence-electron chi connectivity index (χ3n) is 3.78. The third-order valence-corrected chi connectivity index (χ3v) is 3.78. The van der Waals surface area contributed by atoms with Crippen LogP contribution in [-0.2, 0) is 20.7 Å². The van der Waals surface area contributed by atoms with E-state index in [1.807, 2.05) is 51.1 Å². The van der Waals surface area contributed by atoms with E-state index in [0.29, 0.717) is 19.4 Å². The predicted octanol–water partition coefficient (Wildman–Crippen LogP) is 2.78. The summed E-state index contributed by atoms with van der Waals surface area (Å²) in [5, 5.41) is 0. The van der Waals surface area contributed by atoms with Gasteiger partial charge in [0.05, 0.1) is 7.11 Å². The molecule has 1 aromatic carbocycles. The number of carbonyl (C=O) groups is 2. The van der Waals surface area contributed by atoms with Crippen LogP contribution in [0, 0.1) is 0 Å². The van der Waals surface area contributed by atoms with Crippen LogP contribution in [0.4, 0.5) is 4.79 Å². The molecule has 120 valence electrons. The van der Waals surface area contributed by atoms with E-state index in [4.69, 9.17) is 9.47 Å². The van der Waals surface area contributed by atoms with E-state index in [-0.39, 0.29) is 0 Å². The molecule has 0 saturated carbocycles. The topological polar surface area (TPSA) is 55.8 Å². The third kappa shape index (κ3) is 3.24. The fraction of sp³-hybridized carbons (Fsp3) is 0.529. The molecule has 1 fully saturated rings. The lowest BCUT2D eigenvalue weighted by atomic mass is 9.79. The molecule has 0 N–H and O–H groups in total. The Bertz CT molecular complexity index is 550. The standard InChI is InChI=1S/C17H23NO4/c1-16(2,3)22-15(20)18-11-10-17(18,14(19)21-4)12-13-8-6-5-7-9-13/h5-9H,10-12H2,1-4H3. The summed E-state index contributed by atoms with van der Waals surface area (Å²) < 4.78 is 10.4. The molecule has 0 radical (unpaired) electrons. The molecule has 2 rings (SSSR count). The van der Waals surface area contributed by atoms with Crippen molar-refractivity contribution in [3.63, 3.8) is 0 Å². The van der Waals surface area contributed by atoms with E-state index < -0.39 is 23.2 Å². The average Bonchev–Trinajstić information content (AvgIpc) is 2.41. The highest BCUT2D eigenvalue weighted by molar-refractivity contribution is 5.88. The summed E-state index contributed by atoms with van der Waals surface area (Å²) in [6, 6.07) is 9.63. The number of esters is 1. The second kappa shape index (κ2) is 5.99. The van der Waals surface area contributed by atoms with Gasteiger partial charge in [-0.05, 0) is 32.8 Å². The van der Waals surface area contributed by atoms with Crippen molar-refractivity contribution in [3.05, 3.63) is 35.9 Å². The fourth-order valence-electron chi connectivity index (χ4n) is 2.67. The molecule has 22 heavy (non-hydrogen) atoms. The lowest BCUT2D eigenvalue weighted by Crippen LogP contribution is -2.68. The van der Waals surface area contributed by atoms with Crippen molar-refractivity contribution in [2.75, 3.05) is 13.7 Å². The molecule has 1 aliphatic rings. The highest BCUT2D eigenvalue weighted by atomic mass is 16.6. The predicted molar refractivity (Wildman–Crippen MR) is 82.5 cm³/mol. The maximum atomic E-state index is 12.4. The fourth-order valence-corrected chi connectivity index (χ4v) is 2.67. The van der Waals surface area contributed by atoms with E-state index >= 15 is 0 Å². The van der Waals surface area contributed by atoms with Crippen LogP contribution in [0.5, 0.6) is 0 Å². The van der Waals surface area contributed by atoms with Crippen molar-refractivity contribution in [2.24, 2.45) is 0 Å². The second-order valence-corrected chi connectivity index (χ2v) is 6.57. The first-order valence-corrected chi connectivity index (χ1v) is 7.41. The SMILES string of the molecule is COC(=O)C1(Cc2ccccc2)CCN1C(=O)OC(C)(C)C. The Morgan fingerprint density at radius 3 is 2.32 bits per heavy atom. The van der Waals surface area contributed by atoms with Crippen LogP contribution in [0.1, 0.15) is 32.8 Å². The molecule has 0 aliphatic carbocycles. The number of amides is 1. The van der Waals surface area contributed by atoms with Crippen LogP contribution in [0.15, 0.2) is 30.3 Å². The molecule has 5 nitrogen and oxygen atoms in total. The van der Waals surface area contributed by atoms with E-state index in [1.54, 1.807) is 0 Å². The van der Waals surface area contributed by atoms with Crippen LogP contribution < -0.4 is 0 Å². The van der Waals surface area contributed by atoms with Crippen LogP contribution in [0.2, 0.25) is 0 Å². The first-order valence-electron chi connectivity index (χ1n) is 7.41. The Labute approximate surface area is 131 Å². The zero-order valence-electron chi connectivity index (χ0n) is 13.6. The maximum Gasteiger partial charge on any atom is 0.411 e. The summed E-state index contributed by atoms with van der Waals surface area (Å²) >= 11 is 0. The highest BCUT2D eigenvalue weighted by Gasteiger charge is 2.55. The van der Waals surface area contributed by atoms with Gasteiger partial charge < -0.3 is 9.47 Å². The van der Waals surface area contributed by atoms with E-state index in [2.05, 4.69) is 0 Å². The minimum absolute atomic E-state index is 0.395. The summed E-state index contributed by atoms with van der Waals surface area (Å²) in [5.74, 6) is -0.395. The number of benzene rings is 1. The van der Waals surface area contributed by atoms with Gasteiger partial charge in [0.2, 0.25) is 0 Å². The van der Waals surface area contributed by atoms with Gasteiger partial charge in [-0.15, -0.1) is 0 Å². The Kier molecular flexibility index (Phi) is 4.44. The largest absolute Gasteiger partial charge is 0.467 e. The van der Waals surface area contributed by atoms with Crippen molar-refractivity contribution < 1.29 is 19.1 Å². The monoisotopic (exact) mass is 305 g/mol. The molecular weight excluding hydrogens is 282 g/mol. The lowest BCUT2D eigenvalue weighted by molar-refractivity contribution is -0.163. The summed E-state index contributed by atoms with van der Waals surface area (Å²) in [6.45, 7) is 5.92. The number of nitrogens with zero attached hydrogens (tertiary/aromatic N) is 1. The molecular formula is C17H23NO4. The van der Waals surface area contributed by atoms with Crippen molar-refractivity contribution >= 4 is 12.1 Å². The van der Waals surface area contributed by atoms with E-state index in [1.165, 1.54) is 12.0 Å². The molecule has 1 atom stereocenters. The molecule has 1 aliphatic heterocycles. The number of hydrogen-bond acceptors (Lipinski definition) is 4. The molecule has 0 aromatic heterocycles.